The molecule has 35 heavy (non-hydrogen) atoms. The first-order valence-corrected chi connectivity index (χ1v) is 12.5. The number of carbonyl (C=O) groups is 2. The highest BCUT2D eigenvalue weighted by Gasteiger charge is 2.24. The van der Waals surface area contributed by atoms with E-state index >= 15 is 0 Å². The van der Waals surface area contributed by atoms with Gasteiger partial charge in [0.1, 0.15) is 11.5 Å². The van der Waals surface area contributed by atoms with Crippen LogP contribution in [0, 0.1) is 0 Å². The van der Waals surface area contributed by atoms with E-state index in [0.717, 1.165) is 48.3 Å². The number of amides is 1. The Morgan fingerprint density at radius 3 is 2.34 bits per heavy atom. The molecule has 6 heteroatoms. The van der Waals surface area contributed by atoms with Crippen LogP contribution in [0.5, 0.6) is 11.5 Å². The van der Waals surface area contributed by atoms with Gasteiger partial charge in [-0.25, -0.2) is 4.79 Å². The normalized spacial score (nSPS) is 12.1. The van der Waals surface area contributed by atoms with Gasteiger partial charge in [-0.15, -0.1) is 0 Å². The Morgan fingerprint density at radius 1 is 1.00 bits per heavy atom. The molecule has 0 aliphatic rings. The molecule has 0 saturated heterocycles. The van der Waals surface area contributed by atoms with Gasteiger partial charge in [0, 0.05) is 18.2 Å². The molecular weight excluding hydrogens is 442 g/mol. The number of nitrogens with one attached hydrogen (secondary N) is 1. The van der Waals surface area contributed by atoms with Gasteiger partial charge >= 0.3 is 5.97 Å². The Hall–Kier alpha value is -3.02. The van der Waals surface area contributed by atoms with E-state index in [1.165, 1.54) is 7.11 Å². The van der Waals surface area contributed by atoms with E-state index in [9.17, 15) is 9.59 Å². The summed E-state index contributed by atoms with van der Waals surface area (Å²) in [4.78, 5) is 25.4. The minimum atomic E-state index is -0.433. The van der Waals surface area contributed by atoms with Crippen LogP contribution in [0.1, 0.15) is 94.1 Å². The zero-order chi connectivity index (χ0) is 26.0. The first-order valence-electron chi connectivity index (χ1n) is 12.5. The average Bonchev–Trinajstić information content (AvgIpc) is 2.82. The van der Waals surface area contributed by atoms with Crippen molar-refractivity contribution in [3.8, 4) is 11.5 Å². The summed E-state index contributed by atoms with van der Waals surface area (Å²) in [7, 11) is 3.00. The van der Waals surface area contributed by atoms with Crippen molar-refractivity contribution in [1.29, 1.82) is 0 Å². The van der Waals surface area contributed by atoms with Crippen LogP contribution in [0.3, 0.4) is 0 Å². The molecule has 0 aliphatic heterocycles. The summed E-state index contributed by atoms with van der Waals surface area (Å²) in [6.45, 7) is 10.9. The van der Waals surface area contributed by atoms with Gasteiger partial charge in [0.25, 0.3) is 0 Å². The predicted octanol–water partition coefficient (Wildman–Crippen LogP) is 6.87. The van der Waals surface area contributed by atoms with Crippen molar-refractivity contribution in [2.75, 3.05) is 26.1 Å². The molecule has 0 radical (unpaired) electrons. The number of anilines is 1. The molecular formula is C29H41NO5. The van der Waals surface area contributed by atoms with Crippen LogP contribution in [0.25, 0.3) is 0 Å². The molecule has 1 atom stereocenters. The van der Waals surface area contributed by atoms with E-state index in [0.29, 0.717) is 24.3 Å². The van der Waals surface area contributed by atoms with Crippen molar-refractivity contribution in [1.82, 2.24) is 0 Å². The third-order valence-electron chi connectivity index (χ3n) is 6.07. The second kappa shape index (κ2) is 13.2. The Kier molecular flexibility index (Phi) is 10.6. The van der Waals surface area contributed by atoms with E-state index in [1.807, 2.05) is 31.2 Å². The summed E-state index contributed by atoms with van der Waals surface area (Å²) in [6.07, 6.45) is 4.41. The minimum absolute atomic E-state index is 0.00551. The summed E-state index contributed by atoms with van der Waals surface area (Å²) in [5.41, 5.74) is 2.79. The zero-order valence-electron chi connectivity index (χ0n) is 22.3. The molecule has 1 unspecified atom stereocenters. The standard InChI is InChI=1S/C29H41NO5/c1-8-10-11-12-20(23-15-14-22(35-9-2)19-26(23)33-6)18-27(31)30-25-17-21(28(32)34-7)13-16-24(25)29(3,4)5/h13-17,19-20H,8-12,18H2,1-7H3,(H,30,31). The van der Waals surface area contributed by atoms with Crippen LogP contribution in [-0.4, -0.2) is 32.7 Å². The molecule has 0 saturated carbocycles. The number of esters is 1. The highest BCUT2D eigenvalue weighted by molar-refractivity contribution is 5.96. The maximum atomic E-state index is 13.3. The molecule has 6 nitrogen and oxygen atoms in total. The minimum Gasteiger partial charge on any atom is -0.496 e. The summed E-state index contributed by atoms with van der Waals surface area (Å²) in [6, 6.07) is 11.2. The monoisotopic (exact) mass is 483 g/mol. The molecule has 1 N–H and O–H groups in total. The van der Waals surface area contributed by atoms with Crippen molar-refractivity contribution in [3.05, 3.63) is 53.1 Å². The maximum absolute atomic E-state index is 13.3. The lowest BCUT2D eigenvalue weighted by atomic mass is 9.85. The van der Waals surface area contributed by atoms with Gasteiger partial charge in [0.2, 0.25) is 5.91 Å². The number of methoxy groups -OCH3 is 2. The van der Waals surface area contributed by atoms with Crippen molar-refractivity contribution in [3.63, 3.8) is 0 Å². The number of rotatable bonds is 12. The molecule has 192 valence electrons. The number of ether oxygens (including phenoxy) is 3. The largest absolute Gasteiger partial charge is 0.496 e. The molecule has 0 heterocycles. The first-order chi connectivity index (χ1) is 16.6. The van der Waals surface area contributed by atoms with Crippen LogP contribution >= 0.6 is 0 Å². The van der Waals surface area contributed by atoms with Gasteiger partial charge in [-0.3, -0.25) is 4.79 Å². The van der Waals surface area contributed by atoms with Crippen LogP contribution in [-0.2, 0) is 14.9 Å². The molecule has 1 amide bonds. The van der Waals surface area contributed by atoms with E-state index in [4.69, 9.17) is 14.2 Å². The first kappa shape index (κ1) is 28.2. The number of unbranched alkanes of at least 4 members (excludes halogenated alkanes) is 2. The predicted molar refractivity (Wildman–Crippen MR) is 141 cm³/mol. The Bertz CT molecular complexity index is 993. The molecule has 0 spiro atoms. The van der Waals surface area contributed by atoms with Crippen molar-refractivity contribution in [2.24, 2.45) is 0 Å². The fourth-order valence-electron chi connectivity index (χ4n) is 4.26. The van der Waals surface area contributed by atoms with Crippen molar-refractivity contribution in [2.45, 2.75) is 78.1 Å². The van der Waals surface area contributed by atoms with E-state index < -0.39 is 5.97 Å². The lowest BCUT2D eigenvalue weighted by molar-refractivity contribution is -0.116. The highest BCUT2D eigenvalue weighted by atomic mass is 16.5. The zero-order valence-corrected chi connectivity index (χ0v) is 22.3. The van der Waals surface area contributed by atoms with E-state index in [-0.39, 0.29) is 17.2 Å². The van der Waals surface area contributed by atoms with E-state index in [1.54, 1.807) is 19.2 Å². The average molecular weight is 484 g/mol. The third kappa shape index (κ3) is 8.01. The summed E-state index contributed by atoms with van der Waals surface area (Å²) in [5.74, 6) is 0.939. The maximum Gasteiger partial charge on any atom is 0.337 e. The van der Waals surface area contributed by atoms with Gasteiger partial charge in [0.15, 0.2) is 0 Å². The Balaban J connectivity index is 2.35. The summed E-state index contributed by atoms with van der Waals surface area (Å²) >= 11 is 0. The molecule has 0 bridgehead atoms. The van der Waals surface area contributed by atoms with Gasteiger partial charge in [-0.05, 0) is 54.0 Å². The van der Waals surface area contributed by atoms with Gasteiger partial charge in [-0.2, -0.15) is 0 Å². The molecule has 0 fully saturated rings. The highest BCUT2D eigenvalue weighted by Crippen LogP contribution is 2.37. The third-order valence-corrected chi connectivity index (χ3v) is 6.07. The summed E-state index contributed by atoms with van der Waals surface area (Å²) in [5, 5.41) is 3.08. The molecule has 2 rings (SSSR count). The fraction of sp³-hybridized carbons (Fsp3) is 0.517. The second-order valence-electron chi connectivity index (χ2n) is 9.78. The fourth-order valence-corrected chi connectivity index (χ4v) is 4.26. The quantitative estimate of drug-likeness (QED) is 0.263. The van der Waals surface area contributed by atoms with E-state index in [2.05, 4.69) is 33.0 Å². The number of benzene rings is 2. The van der Waals surface area contributed by atoms with Crippen LogP contribution in [0.2, 0.25) is 0 Å². The number of hydrogen-bond donors (Lipinski definition) is 1. The topological polar surface area (TPSA) is 73.9 Å². The smallest absolute Gasteiger partial charge is 0.337 e. The Morgan fingerprint density at radius 2 is 1.74 bits per heavy atom. The number of hydrogen-bond acceptors (Lipinski definition) is 5. The van der Waals surface area contributed by atoms with Crippen molar-refractivity contribution >= 4 is 17.6 Å². The lowest BCUT2D eigenvalue weighted by Gasteiger charge is -2.25. The molecule has 2 aromatic carbocycles. The molecule has 0 aliphatic carbocycles. The van der Waals surface area contributed by atoms with Crippen LogP contribution < -0.4 is 14.8 Å². The molecule has 0 aromatic heterocycles. The lowest BCUT2D eigenvalue weighted by Crippen LogP contribution is -2.21. The van der Waals surface area contributed by atoms with Gasteiger partial charge < -0.3 is 19.5 Å². The van der Waals surface area contributed by atoms with Gasteiger partial charge in [-0.1, -0.05) is 59.1 Å². The summed E-state index contributed by atoms with van der Waals surface area (Å²) < 4.78 is 16.2. The van der Waals surface area contributed by atoms with Crippen LogP contribution in [0.4, 0.5) is 5.69 Å². The van der Waals surface area contributed by atoms with Crippen LogP contribution in [0.15, 0.2) is 36.4 Å². The Labute approximate surface area is 210 Å². The molecule has 2 aromatic rings. The van der Waals surface area contributed by atoms with Crippen molar-refractivity contribution < 1.29 is 23.8 Å². The number of carbonyl (C=O) groups excluding carboxylic acids is 2. The van der Waals surface area contributed by atoms with Gasteiger partial charge in [0.05, 0.1) is 26.4 Å². The second-order valence-corrected chi connectivity index (χ2v) is 9.78. The SMILES string of the molecule is CCCCCC(CC(=O)Nc1cc(C(=O)OC)ccc1C(C)(C)C)c1ccc(OCC)cc1OC.